The zero-order valence-corrected chi connectivity index (χ0v) is 19.3. The van der Waals surface area contributed by atoms with Crippen molar-refractivity contribution in [3.8, 4) is 11.1 Å². The van der Waals surface area contributed by atoms with Gasteiger partial charge in [-0.1, -0.05) is 38.1 Å². The van der Waals surface area contributed by atoms with Crippen molar-refractivity contribution in [2.24, 2.45) is 0 Å². The summed E-state index contributed by atoms with van der Waals surface area (Å²) in [7, 11) is 2.16. The number of piperazine rings is 1. The lowest BCUT2D eigenvalue weighted by molar-refractivity contribution is 0.148. The monoisotopic (exact) mass is 430 g/mol. The van der Waals surface area contributed by atoms with E-state index in [4.69, 9.17) is 8.83 Å². The Kier molecular flexibility index (Phi) is 5.39. The zero-order chi connectivity index (χ0) is 22.4. The number of rotatable bonds is 4. The van der Waals surface area contributed by atoms with Crippen molar-refractivity contribution in [2.75, 3.05) is 33.2 Å². The Hall–Kier alpha value is -2.89. The van der Waals surface area contributed by atoms with Gasteiger partial charge in [-0.15, -0.1) is 0 Å². The van der Waals surface area contributed by atoms with Gasteiger partial charge in [-0.05, 0) is 37.2 Å². The molecule has 0 atom stereocenters. The van der Waals surface area contributed by atoms with Crippen LogP contribution >= 0.6 is 0 Å². The molecular weight excluding hydrogens is 400 g/mol. The van der Waals surface area contributed by atoms with E-state index in [1.54, 1.807) is 0 Å². The van der Waals surface area contributed by atoms with Gasteiger partial charge in [-0.3, -0.25) is 4.90 Å². The van der Waals surface area contributed by atoms with Gasteiger partial charge in [0.2, 0.25) is 0 Å². The number of aryl methyl sites for hydroxylation is 1. The number of fused-ring (bicyclic) bond motifs is 2. The summed E-state index contributed by atoms with van der Waals surface area (Å²) in [4.78, 5) is 16.9. The van der Waals surface area contributed by atoms with Crippen LogP contribution in [0, 0.1) is 6.92 Å². The van der Waals surface area contributed by atoms with Crippen LogP contribution in [0.3, 0.4) is 0 Å². The lowest BCUT2D eigenvalue weighted by Crippen LogP contribution is -2.43. The fraction of sp³-hybridized carbons (Fsp3) is 0.370. The Balaban J connectivity index is 1.80. The largest absolute Gasteiger partial charge is 0.460 e. The number of hydrogen-bond donors (Lipinski definition) is 0. The minimum absolute atomic E-state index is 0.226. The first kappa shape index (κ1) is 21.0. The quantitative estimate of drug-likeness (QED) is 0.407. The second-order valence-electron chi connectivity index (χ2n) is 9.29. The molecule has 5 rings (SSSR count). The summed E-state index contributed by atoms with van der Waals surface area (Å²) in [5.74, 6) is 1.20. The van der Waals surface area contributed by atoms with Gasteiger partial charge in [-0.2, -0.15) is 0 Å². The molecule has 2 aromatic heterocycles. The van der Waals surface area contributed by atoms with E-state index in [2.05, 4.69) is 68.0 Å². The Morgan fingerprint density at radius 3 is 2.44 bits per heavy atom. The second kappa shape index (κ2) is 8.23. The lowest BCUT2D eigenvalue weighted by Gasteiger charge is -2.32. The molecule has 0 N–H and O–H groups in total. The highest BCUT2D eigenvalue weighted by Crippen LogP contribution is 2.43. The SMILES string of the molecule is Cc1ccccc1-c1c(C(C)C)oc2c(CN3CCN(C)CC3)c3oc(=O)ccc3cc12. The molecule has 0 radical (unpaired) electrons. The van der Waals surface area contributed by atoms with E-state index < -0.39 is 0 Å². The molecule has 1 aliphatic heterocycles. The Morgan fingerprint density at radius 1 is 0.969 bits per heavy atom. The molecule has 1 fully saturated rings. The van der Waals surface area contributed by atoms with Gasteiger partial charge in [0.25, 0.3) is 0 Å². The summed E-state index contributed by atoms with van der Waals surface area (Å²) in [6, 6.07) is 14.0. The zero-order valence-electron chi connectivity index (χ0n) is 19.3. The van der Waals surface area contributed by atoms with Crippen molar-refractivity contribution in [3.63, 3.8) is 0 Å². The molecule has 0 bridgehead atoms. The molecule has 166 valence electrons. The van der Waals surface area contributed by atoms with Crippen LogP contribution < -0.4 is 5.63 Å². The molecule has 5 heteroatoms. The lowest BCUT2D eigenvalue weighted by atomic mass is 9.93. The number of benzene rings is 2. The van der Waals surface area contributed by atoms with Crippen LogP contribution in [0.1, 0.15) is 36.7 Å². The highest BCUT2D eigenvalue weighted by atomic mass is 16.4. The topological polar surface area (TPSA) is 49.8 Å². The van der Waals surface area contributed by atoms with Crippen molar-refractivity contribution < 1.29 is 8.83 Å². The summed E-state index contributed by atoms with van der Waals surface area (Å²) >= 11 is 0. The van der Waals surface area contributed by atoms with Crippen LogP contribution in [0.5, 0.6) is 0 Å². The molecule has 0 unspecified atom stereocenters. The maximum Gasteiger partial charge on any atom is 0.336 e. The molecule has 0 amide bonds. The Labute approximate surface area is 188 Å². The first-order chi connectivity index (χ1) is 15.4. The minimum atomic E-state index is -0.328. The van der Waals surface area contributed by atoms with E-state index >= 15 is 0 Å². The third-order valence-corrected chi connectivity index (χ3v) is 6.60. The van der Waals surface area contributed by atoms with Gasteiger partial charge < -0.3 is 13.7 Å². The number of furan rings is 1. The first-order valence-electron chi connectivity index (χ1n) is 11.4. The first-order valence-corrected chi connectivity index (χ1v) is 11.4. The summed E-state index contributed by atoms with van der Waals surface area (Å²) in [6.07, 6.45) is 0. The molecule has 0 spiro atoms. The molecule has 1 saturated heterocycles. The van der Waals surface area contributed by atoms with Crippen molar-refractivity contribution in [2.45, 2.75) is 33.2 Å². The summed E-state index contributed by atoms with van der Waals surface area (Å²) in [6.45, 7) is 11.2. The van der Waals surface area contributed by atoms with Crippen molar-refractivity contribution >= 4 is 21.9 Å². The molecule has 2 aromatic carbocycles. The van der Waals surface area contributed by atoms with Crippen LogP contribution in [0.15, 0.2) is 56.1 Å². The van der Waals surface area contributed by atoms with Crippen molar-refractivity contribution in [1.82, 2.24) is 9.80 Å². The average Bonchev–Trinajstić information content (AvgIpc) is 3.15. The predicted octanol–water partition coefficient (Wildman–Crippen LogP) is 5.39. The number of likely N-dealkylation sites (N-methyl/N-ethyl adjacent to an activating group) is 1. The molecular formula is C27H30N2O3. The van der Waals surface area contributed by atoms with Crippen molar-refractivity contribution in [1.29, 1.82) is 0 Å². The van der Waals surface area contributed by atoms with Crippen LogP contribution in [-0.2, 0) is 6.54 Å². The fourth-order valence-corrected chi connectivity index (χ4v) is 4.77. The fourth-order valence-electron chi connectivity index (χ4n) is 4.77. The molecule has 32 heavy (non-hydrogen) atoms. The number of nitrogens with zero attached hydrogens (tertiary/aromatic N) is 2. The van der Waals surface area contributed by atoms with Crippen LogP contribution in [0.25, 0.3) is 33.1 Å². The third kappa shape index (κ3) is 3.65. The van der Waals surface area contributed by atoms with Crippen LogP contribution in [0.2, 0.25) is 0 Å². The summed E-state index contributed by atoms with van der Waals surface area (Å²) in [5.41, 5.74) is 5.69. The van der Waals surface area contributed by atoms with Crippen LogP contribution in [-0.4, -0.2) is 43.0 Å². The normalized spacial score (nSPS) is 15.9. The number of hydrogen-bond acceptors (Lipinski definition) is 5. The van der Waals surface area contributed by atoms with E-state index in [-0.39, 0.29) is 11.5 Å². The third-order valence-electron chi connectivity index (χ3n) is 6.60. The standard InChI is InChI=1S/C27H30N2O3/c1-17(2)25-24(20-8-6-5-7-18(20)3)21-15-19-9-10-23(30)31-26(19)22(27(21)32-25)16-29-13-11-28(4)12-14-29/h5-10,15,17H,11-14,16H2,1-4H3. The maximum absolute atomic E-state index is 12.1. The Morgan fingerprint density at radius 2 is 1.72 bits per heavy atom. The molecule has 5 nitrogen and oxygen atoms in total. The van der Waals surface area contributed by atoms with E-state index in [0.29, 0.717) is 12.1 Å². The molecule has 3 heterocycles. The van der Waals surface area contributed by atoms with Gasteiger partial charge in [-0.25, -0.2) is 4.79 Å². The van der Waals surface area contributed by atoms with Crippen molar-refractivity contribution in [3.05, 3.63) is 69.8 Å². The van der Waals surface area contributed by atoms with Crippen LogP contribution in [0.4, 0.5) is 0 Å². The van der Waals surface area contributed by atoms with Gasteiger partial charge in [0.05, 0.1) is 5.56 Å². The smallest absolute Gasteiger partial charge is 0.336 e. The predicted molar refractivity (Wildman–Crippen MR) is 129 cm³/mol. The van der Waals surface area contributed by atoms with E-state index in [1.165, 1.54) is 17.2 Å². The molecule has 0 aliphatic carbocycles. The molecule has 0 saturated carbocycles. The van der Waals surface area contributed by atoms with E-state index in [0.717, 1.165) is 59.4 Å². The van der Waals surface area contributed by atoms with Gasteiger partial charge in [0.1, 0.15) is 16.9 Å². The highest BCUT2D eigenvalue weighted by Gasteiger charge is 2.25. The van der Waals surface area contributed by atoms with Gasteiger partial charge in [0, 0.05) is 61.0 Å². The summed E-state index contributed by atoms with van der Waals surface area (Å²) in [5, 5.41) is 2.03. The van der Waals surface area contributed by atoms with E-state index in [9.17, 15) is 4.79 Å². The maximum atomic E-state index is 12.1. The summed E-state index contributed by atoms with van der Waals surface area (Å²) < 4.78 is 12.4. The van der Waals surface area contributed by atoms with Gasteiger partial charge in [0.15, 0.2) is 0 Å². The van der Waals surface area contributed by atoms with Gasteiger partial charge >= 0.3 is 5.63 Å². The second-order valence-corrected chi connectivity index (χ2v) is 9.29. The molecule has 1 aliphatic rings. The highest BCUT2D eigenvalue weighted by molar-refractivity contribution is 6.05. The Bertz CT molecular complexity index is 1340. The minimum Gasteiger partial charge on any atom is -0.460 e. The average molecular weight is 431 g/mol. The van der Waals surface area contributed by atoms with E-state index in [1.807, 2.05) is 6.07 Å². The molecule has 4 aromatic rings.